The predicted octanol–water partition coefficient (Wildman–Crippen LogP) is 4.53. The molecule has 3 atom stereocenters. The van der Waals surface area contributed by atoms with Crippen LogP contribution < -0.4 is 10.6 Å². The molecule has 1 aromatic carbocycles. The smallest absolute Gasteiger partial charge is 0.0342 e. The summed E-state index contributed by atoms with van der Waals surface area (Å²) < 4.78 is 0. The fraction of sp³-hybridized carbons (Fsp3) is 0.684. The van der Waals surface area contributed by atoms with Crippen molar-refractivity contribution in [1.82, 2.24) is 5.32 Å². The second kappa shape index (κ2) is 6.83. The molecule has 0 radical (unpaired) electrons. The zero-order valence-electron chi connectivity index (χ0n) is 13.6. The van der Waals surface area contributed by atoms with Gasteiger partial charge in [0.1, 0.15) is 0 Å². The Morgan fingerprint density at radius 2 is 1.76 bits per heavy atom. The Morgan fingerprint density at radius 3 is 2.43 bits per heavy atom. The van der Waals surface area contributed by atoms with Crippen molar-refractivity contribution in [3.8, 4) is 0 Å². The lowest BCUT2D eigenvalue weighted by Crippen LogP contribution is -2.43. The number of rotatable bonds is 4. The van der Waals surface area contributed by atoms with Crippen LogP contribution in [0, 0.1) is 5.92 Å². The molecule has 1 heterocycles. The van der Waals surface area contributed by atoms with Crippen LogP contribution in [0.3, 0.4) is 0 Å². The van der Waals surface area contributed by atoms with Crippen molar-refractivity contribution < 1.29 is 0 Å². The maximum atomic E-state index is 3.83. The minimum Gasteiger partial charge on any atom is -0.382 e. The lowest BCUT2D eigenvalue weighted by atomic mass is 9.79. The first-order chi connectivity index (χ1) is 10.2. The fourth-order valence-electron chi connectivity index (χ4n) is 4.08. The van der Waals surface area contributed by atoms with Crippen LogP contribution in [0.15, 0.2) is 24.3 Å². The minimum absolute atomic E-state index is 0.615. The first kappa shape index (κ1) is 14.9. The van der Waals surface area contributed by atoms with Gasteiger partial charge in [-0.05, 0) is 61.8 Å². The van der Waals surface area contributed by atoms with Gasteiger partial charge in [0.25, 0.3) is 0 Å². The molecule has 0 amide bonds. The monoisotopic (exact) mass is 286 g/mol. The van der Waals surface area contributed by atoms with E-state index < -0.39 is 0 Å². The van der Waals surface area contributed by atoms with Gasteiger partial charge in [0.2, 0.25) is 0 Å². The van der Waals surface area contributed by atoms with Crippen LogP contribution in [-0.2, 0) is 0 Å². The Hall–Kier alpha value is -1.02. The van der Waals surface area contributed by atoms with E-state index in [9.17, 15) is 0 Å². The third-order valence-corrected chi connectivity index (χ3v) is 5.36. The molecule has 1 aromatic rings. The minimum atomic E-state index is 0.615. The van der Waals surface area contributed by atoms with Crippen molar-refractivity contribution in [2.75, 3.05) is 11.9 Å². The number of anilines is 1. The lowest BCUT2D eigenvalue weighted by Gasteiger charge is -2.37. The SMILES string of the molecule is CC(C)c1ccc(NC2CCCCC2C2CCCN2)cc1. The van der Waals surface area contributed by atoms with Gasteiger partial charge in [-0.2, -0.15) is 0 Å². The maximum absolute atomic E-state index is 3.83. The molecule has 1 saturated carbocycles. The van der Waals surface area contributed by atoms with Crippen molar-refractivity contribution in [2.24, 2.45) is 5.92 Å². The van der Waals surface area contributed by atoms with Gasteiger partial charge in [-0.3, -0.25) is 0 Å². The van der Waals surface area contributed by atoms with Crippen LogP contribution in [-0.4, -0.2) is 18.6 Å². The Morgan fingerprint density at radius 1 is 1.00 bits per heavy atom. The van der Waals surface area contributed by atoms with Crippen LogP contribution in [0.5, 0.6) is 0 Å². The van der Waals surface area contributed by atoms with E-state index in [4.69, 9.17) is 0 Å². The second-order valence-electron chi connectivity index (χ2n) is 7.18. The molecule has 1 saturated heterocycles. The van der Waals surface area contributed by atoms with Crippen molar-refractivity contribution in [3.05, 3.63) is 29.8 Å². The van der Waals surface area contributed by atoms with Gasteiger partial charge in [-0.15, -0.1) is 0 Å². The van der Waals surface area contributed by atoms with E-state index in [1.54, 1.807) is 0 Å². The summed E-state index contributed by atoms with van der Waals surface area (Å²) in [6.45, 7) is 5.73. The molecular formula is C19H30N2. The third-order valence-electron chi connectivity index (χ3n) is 5.36. The highest BCUT2D eigenvalue weighted by molar-refractivity contribution is 5.46. The molecule has 3 unspecified atom stereocenters. The van der Waals surface area contributed by atoms with E-state index in [-0.39, 0.29) is 0 Å². The fourth-order valence-corrected chi connectivity index (χ4v) is 4.08. The molecule has 21 heavy (non-hydrogen) atoms. The maximum Gasteiger partial charge on any atom is 0.0342 e. The Kier molecular flexibility index (Phi) is 4.84. The molecule has 0 spiro atoms. The molecule has 1 aliphatic carbocycles. The van der Waals surface area contributed by atoms with E-state index in [0.29, 0.717) is 12.0 Å². The number of hydrogen-bond donors (Lipinski definition) is 2. The highest BCUT2D eigenvalue weighted by Gasteiger charge is 2.33. The van der Waals surface area contributed by atoms with E-state index in [1.807, 2.05) is 0 Å². The van der Waals surface area contributed by atoms with Gasteiger partial charge in [-0.1, -0.05) is 38.8 Å². The molecule has 0 aromatic heterocycles. The standard InChI is InChI=1S/C19H30N2/c1-14(2)15-9-11-16(12-10-15)21-19-7-4-3-6-17(19)18-8-5-13-20-18/h9-12,14,17-21H,3-8,13H2,1-2H3. The van der Waals surface area contributed by atoms with E-state index in [2.05, 4.69) is 48.7 Å². The van der Waals surface area contributed by atoms with Gasteiger partial charge >= 0.3 is 0 Å². The van der Waals surface area contributed by atoms with Crippen LogP contribution in [0.1, 0.15) is 63.9 Å². The molecule has 2 aliphatic rings. The first-order valence-corrected chi connectivity index (χ1v) is 8.84. The highest BCUT2D eigenvalue weighted by Crippen LogP contribution is 2.32. The van der Waals surface area contributed by atoms with Crippen molar-refractivity contribution in [3.63, 3.8) is 0 Å². The largest absolute Gasteiger partial charge is 0.382 e. The van der Waals surface area contributed by atoms with E-state index in [0.717, 1.165) is 12.0 Å². The summed E-state index contributed by atoms with van der Waals surface area (Å²) in [6, 6.07) is 10.5. The van der Waals surface area contributed by atoms with E-state index >= 15 is 0 Å². The number of benzene rings is 1. The topological polar surface area (TPSA) is 24.1 Å². The lowest BCUT2D eigenvalue weighted by molar-refractivity contribution is 0.263. The summed E-state index contributed by atoms with van der Waals surface area (Å²) in [6.07, 6.45) is 8.23. The molecule has 2 N–H and O–H groups in total. The van der Waals surface area contributed by atoms with Crippen LogP contribution >= 0.6 is 0 Å². The van der Waals surface area contributed by atoms with Gasteiger partial charge in [0.15, 0.2) is 0 Å². The van der Waals surface area contributed by atoms with Crippen LogP contribution in [0.25, 0.3) is 0 Å². The molecule has 1 aliphatic heterocycles. The Labute approximate surface area is 129 Å². The Bertz CT molecular complexity index is 431. The first-order valence-electron chi connectivity index (χ1n) is 8.84. The average molecular weight is 286 g/mol. The molecule has 2 heteroatoms. The third kappa shape index (κ3) is 3.60. The summed E-state index contributed by atoms with van der Waals surface area (Å²) in [5.41, 5.74) is 2.73. The normalized spacial score (nSPS) is 29.8. The molecule has 2 nitrogen and oxygen atoms in total. The van der Waals surface area contributed by atoms with Crippen molar-refractivity contribution in [2.45, 2.75) is 70.4 Å². The molecule has 3 rings (SSSR count). The number of hydrogen-bond acceptors (Lipinski definition) is 2. The summed E-state index contributed by atoms with van der Waals surface area (Å²) in [7, 11) is 0. The summed E-state index contributed by atoms with van der Waals surface area (Å²) in [4.78, 5) is 0. The van der Waals surface area contributed by atoms with Crippen LogP contribution in [0.2, 0.25) is 0 Å². The zero-order chi connectivity index (χ0) is 14.7. The van der Waals surface area contributed by atoms with Gasteiger partial charge < -0.3 is 10.6 Å². The van der Waals surface area contributed by atoms with Crippen molar-refractivity contribution >= 4 is 5.69 Å². The molecule has 116 valence electrons. The van der Waals surface area contributed by atoms with Gasteiger partial charge in [0.05, 0.1) is 0 Å². The molecular weight excluding hydrogens is 256 g/mol. The molecule has 2 fully saturated rings. The second-order valence-corrected chi connectivity index (χ2v) is 7.18. The quantitative estimate of drug-likeness (QED) is 0.849. The highest BCUT2D eigenvalue weighted by atomic mass is 15.0. The number of nitrogens with one attached hydrogen (secondary N) is 2. The van der Waals surface area contributed by atoms with Gasteiger partial charge in [-0.25, -0.2) is 0 Å². The van der Waals surface area contributed by atoms with E-state index in [1.165, 1.54) is 56.3 Å². The predicted molar refractivity (Wildman–Crippen MR) is 90.9 cm³/mol. The van der Waals surface area contributed by atoms with Crippen molar-refractivity contribution in [1.29, 1.82) is 0 Å². The average Bonchev–Trinajstić information content (AvgIpc) is 3.02. The molecule has 0 bridgehead atoms. The summed E-state index contributed by atoms with van der Waals surface area (Å²) in [5, 5.41) is 7.56. The van der Waals surface area contributed by atoms with Gasteiger partial charge in [0, 0.05) is 17.8 Å². The summed E-state index contributed by atoms with van der Waals surface area (Å²) >= 11 is 0. The Balaban J connectivity index is 1.66. The van der Waals surface area contributed by atoms with Crippen LogP contribution in [0.4, 0.5) is 5.69 Å². The zero-order valence-corrected chi connectivity index (χ0v) is 13.6. The summed E-state index contributed by atoms with van der Waals surface area (Å²) in [5.74, 6) is 1.43.